The number of nitro groups is 2. The topological polar surface area (TPSA) is 229 Å². The third kappa shape index (κ3) is 15.4. The van der Waals surface area contributed by atoms with Gasteiger partial charge in [0.15, 0.2) is 0 Å². The molecule has 2 aromatic carbocycles. The van der Waals surface area contributed by atoms with Gasteiger partial charge >= 0.3 is 17.6 Å². The van der Waals surface area contributed by atoms with Gasteiger partial charge in [-0.2, -0.15) is 4.39 Å². The second kappa shape index (κ2) is 20.0. The maximum atomic E-state index is 12.6. The standard InChI is InChI=1S/C10H13N3O4.C6H5FN2O2.C4H9NO2.CH4.ClH/c1-17-10(14)4-5-12-8-6-7(11)2-3-9(8)13(15)16;7-5-3-4(8)1-2-6(5)9(10)11;1-7-4(6)2-3-5;;/h2-3,6,12H,4-5,11H2,1H3;1-3H,8H2;2-3,5H2,1H3;1H4;1H. The fraction of sp³-hybridized carbons (Fsp3) is 0.333. The summed E-state index contributed by atoms with van der Waals surface area (Å²) in [4.78, 5) is 40.4. The van der Waals surface area contributed by atoms with Gasteiger partial charge in [0, 0.05) is 42.7 Å². The number of benzene rings is 2. The average molecular weight is 551 g/mol. The van der Waals surface area contributed by atoms with Crippen molar-refractivity contribution in [1.29, 1.82) is 0 Å². The Morgan fingerprint density at radius 3 is 1.78 bits per heavy atom. The van der Waals surface area contributed by atoms with E-state index in [0.717, 1.165) is 12.1 Å². The molecule has 14 nitrogen and oxygen atoms in total. The van der Waals surface area contributed by atoms with Gasteiger partial charge in [0.05, 0.1) is 36.9 Å². The Labute approximate surface area is 219 Å². The van der Waals surface area contributed by atoms with E-state index in [1.807, 2.05) is 0 Å². The number of nitrogens with two attached hydrogens (primary N) is 3. The zero-order valence-corrected chi connectivity index (χ0v) is 20.3. The summed E-state index contributed by atoms with van der Waals surface area (Å²) in [5, 5.41) is 23.6. The van der Waals surface area contributed by atoms with E-state index >= 15 is 0 Å². The Morgan fingerprint density at radius 1 is 0.919 bits per heavy atom. The Bertz CT molecular complexity index is 1030. The first-order valence-electron chi connectivity index (χ1n) is 9.77. The molecule has 16 heteroatoms. The molecule has 0 fully saturated rings. The number of ether oxygens (including phenoxy) is 2. The Balaban J connectivity index is -0.000000501. The molecule has 2 aromatic rings. The lowest BCUT2D eigenvalue weighted by molar-refractivity contribution is -0.387. The number of nitrogens with zero attached hydrogens (tertiary/aromatic N) is 2. The molecule has 0 atom stereocenters. The molecule has 2 rings (SSSR count). The van der Waals surface area contributed by atoms with Crippen molar-refractivity contribution in [3.63, 3.8) is 0 Å². The number of methoxy groups -OCH3 is 2. The normalized spacial score (nSPS) is 8.86. The summed E-state index contributed by atoms with van der Waals surface area (Å²) in [6.07, 6.45) is 0.443. The van der Waals surface area contributed by atoms with Crippen molar-refractivity contribution >= 4 is 52.8 Å². The van der Waals surface area contributed by atoms with Gasteiger partial charge in [0.1, 0.15) is 5.69 Å². The highest BCUT2D eigenvalue weighted by Gasteiger charge is 2.14. The van der Waals surface area contributed by atoms with Gasteiger partial charge in [-0.15, -0.1) is 12.4 Å². The number of nitrogen functional groups attached to an aromatic ring is 2. The zero-order valence-electron chi connectivity index (χ0n) is 19.5. The number of nitrogens with one attached hydrogen (secondary N) is 1. The fourth-order valence-corrected chi connectivity index (χ4v) is 2.15. The lowest BCUT2D eigenvalue weighted by Crippen LogP contribution is -2.10. The van der Waals surface area contributed by atoms with Crippen LogP contribution in [-0.2, 0) is 19.1 Å². The van der Waals surface area contributed by atoms with Crippen LogP contribution < -0.4 is 22.5 Å². The second-order valence-electron chi connectivity index (χ2n) is 6.37. The van der Waals surface area contributed by atoms with Gasteiger partial charge in [-0.05, 0) is 18.2 Å². The number of esters is 2. The Morgan fingerprint density at radius 2 is 1.38 bits per heavy atom. The molecule has 0 saturated carbocycles. The maximum absolute atomic E-state index is 12.6. The van der Waals surface area contributed by atoms with E-state index in [1.165, 1.54) is 38.5 Å². The zero-order chi connectivity index (χ0) is 27.0. The van der Waals surface area contributed by atoms with E-state index in [1.54, 1.807) is 0 Å². The molecule has 0 aliphatic rings. The van der Waals surface area contributed by atoms with Crippen molar-refractivity contribution in [1.82, 2.24) is 0 Å². The van der Waals surface area contributed by atoms with Crippen molar-refractivity contribution in [2.45, 2.75) is 20.3 Å². The van der Waals surface area contributed by atoms with Crippen molar-refractivity contribution < 1.29 is 33.3 Å². The number of carbonyl (C=O) groups excluding carboxylic acids is 2. The molecular formula is C21H32ClFN6O8. The first kappa shape index (κ1) is 37.3. The lowest BCUT2D eigenvalue weighted by Gasteiger charge is -2.07. The SMILES string of the molecule is C.COC(=O)CCN.COC(=O)CCNc1cc(N)ccc1[N+](=O)[O-].Cl.Nc1ccc([N+](=O)[O-])c(F)c1. The summed E-state index contributed by atoms with van der Waals surface area (Å²) >= 11 is 0. The summed E-state index contributed by atoms with van der Waals surface area (Å²) in [5.74, 6) is -1.54. The third-order valence-corrected chi connectivity index (χ3v) is 3.83. The van der Waals surface area contributed by atoms with Crippen molar-refractivity contribution in [2.75, 3.05) is 44.1 Å². The van der Waals surface area contributed by atoms with Gasteiger partial charge in [0.2, 0.25) is 5.82 Å². The highest BCUT2D eigenvalue weighted by atomic mass is 35.5. The highest BCUT2D eigenvalue weighted by molar-refractivity contribution is 5.85. The Kier molecular flexibility index (Phi) is 20.2. The number of halogens is 2. The molecule has 0 aromatic heterocycles. The molecule has 0 heterocycles. The van der Waals surface area contributed by atoms with Gasteiger partial charge in [-0.25, -0.2) is 0 Å². The van der Waals surface area contributed by atoms with Gasteiger partial charge in [-0.3, -0.25) is 29.8 Å². The quantitative estimate of drug-likeness (QED) is 0.161. The molecule has 37 heavy (non-hydrogen) atoms. The minimum absolute atomic E-state index is 0. The van der Waals surface area contributed by atoms with Gasteiger partial charge < -0.3 is 32.0 Å². The minimum atomic E-state index is -0.907. The molecule has 0 radical (unpaired) electrons. The summed E-state index contributed by atoms with van der Waals surface area (Å²) in [6, 6.07) is 7.44. The molecule has 7 N–H and O–H groups in total. The van der Waals surface area contributed by atoms with E-state index in [2.05, 4.69) is 14.8 Å². The number of hydrogen-bond donors (Lipinski definition) is 4. The van der Waals surface area contributed by atoms with Crippen LogP contribution in [0.25, 0.3) is 0 Å². The van der Waals surface area contributed by atoms with Gasteiger partial charge in [-0.1, -0.05) is 7.43 Å². The molecule has 0 bridgehead atoms. The van der Waals surface area contributed by atoms with E-state index < -0.39 is 21.4 Å². The van der Waals surface area contributed by atoms with Crippen molar-refractivity contribution in [3.05, 3.63) is 62.4 Å². The smallest absolute Gasteiger partial charge is 0.307 e. The van der Waals surface area contributed by atoms with Gasteiger partial charge in [0.25, 0.3) is 5.69 Å². The van der Waals surface area contributed by atoms with E-state index in [0.29, 0.717) is 24.3 Å². The van der Waals surface area contributed by atoms with Crippen LogP contribution in [0.2, 0.25) is 0 Å². The largest absolute Gasteiger partial charge is 0.469 e. The molecule has 0 aliphatic heterocycles. The predicted molar refractivity (Wildman–Crippen MR) is 140 cm³/mol. The average Bonchev–Trinajstić information content (AvgIpc) is 2.79. The fourth-order valence-electron chi connectivity index (χ4n) is 2.15. The molecule has 0 amide bonds. The highest BCUT2D eigenvalue weighted by Crippen LogP contribution is 2.26. The Hall–Kier alpha value is -4.24. The van der Waals surface area contributed by atoms with E-state index in [4.69, 9.17) is 17.2 Å². The number of rotatable bonds is 8. The number of anilines is 3. The lowest BCUT2D eigenvalue weighted by atomic mass is 10.2. The van der Waals surface area contributed by atoms with Crippen LogP contribution in [0.15, 0.2) is 36.4 Å². The van der Waals surface area contributed by atoms with E-state index in [9.17, 15) is 34.2 Å². The van der Waals surface area contributed by atoms with Crippen LogP contribution >= 0.6 is 12.4 Å². The first-order chi connectivity index (χ1) is 16.5. The second-order valence-corrected chi connectivity index (χ2v) is 6.37. The molecule has 0 unspecified atom stereocenters. The molecule has 208 valence electrons. The summed E-state index contributed by atoms with van der Waals surface area (Å²) < 4.78 is 21.3. The molecular weight excluding hydrogens is 519 g/mol. The first-order valence-corrected chi connectivity index (χ1v) is 9.77. The van der Waals surface area contributed by atoms with Crippen LogP contribution in [0.1, 0.15) is 20.3 Å². The summed E-state index contributed by atoms with van der Waals surface area (Å²) in [7, 11) is 2.63. The van der Waals surface area contributed by atoms with Crippen molar-refractivity contribution in [2.24, 2.45) is 5.73 Å². The number of carbonyl (C=O) groups is 2. The molecule has 0 aliphatic carbocycles. The number of nitro benzene ring substituents is 2. The van der Waals surface area contributed by atoms with Crippen LogP contribution in [0.3, 0.4) is 0 Å². The third-order valence-electron chi connectivity index (χ3n) is 3.83. The predicted octanol–water partition coefficient (Wildman–Crippen LogP) is 3.03. The monoisotopic (exact) mass is 550 g/mol. The van der Waals surface area contributed by atoms with Crippen LogP contribution in [0.4, 0.5) is 32.8 Å². The minimum Gasteiger partial charge on any atom is -0.469 e. The number of hydrogen-bond acceptors (Lipinski definition) is 12. The molecule has 0 saturated heterocycles. The van der Waals surface area contributed by atoms with Crippen LogP contribution in [0.5, 0.6) is 0 Å². The van der Waals surface area contributed by atoms with Crippen LogP contribution in [-0.4, -0.2) is 49.1 Å². The van der Waals surface area contributed by atoms with Crippen LogP contribution in [0, 0.1) is 26.0 Å². The molecule has 0 spiro atoms. The maximum Gasteiger partial charge on any atom is 0.307 e. The van der Waals surface area contributed by atoms with E-state index in [-0.39, 0.29) is 56.1 Å². The summed E-state index contributed by atoms with van der Waals surface area (Å²) in [5.41, 5.74) is 15.9. The summed E-state index contributed by atoms with van der Waals surface area (Å²) in [6.45, 7) is 0.615. The van der Waals surface area contributed by atoms with Crippen molar-refractivity contribution in [3.8, 4) is 0 Å².